The Morgan fingerprint density at radius 2 is 2.38 bits per heavy atom. The van der Waals surface area contributed by atoms with Crippen molar-refractivity contribution in [3.63, 3.8) is 0 Å². The summed E-state index contributed by atoms with van der Waals surface area (Å²) in [5, 5.41) is 3.25. The number of nitrogens with zero attached hydrogens (tertiary/aromatic N) is 1. The van der Waals surface area contributed by atoms with E-state index in [4.69, 9.17) is 0 Å². The number of piperidine rings is 1. The predicted molar refractivity (Wildman–Crippen MR) is 61.2 cm³/mol. The van der Waals surface area contributed by atoms with Gasteiger partial charge in [-0.3, -0.25) is 4.90 Å². The van der Waals surface area contributed by atoms with E-state index >= 15 is 0 Å². The van der Waals surface area contributed by atoms with Crippen LogP contribution in [0.2, 0.25) is 0 Å². The molecule has 1 fully saturated rings. The Labute approximate surface area is 89.5 Å². The number of halogens is 1. The van der Waals surface area contributed by atoms with Gasteiger partial charge in [0.25, 0.3) is 0 Å². The Bertz CT molecular complexity index is 168. The molecule has 0 saturated carbocycles. The number of likely N-dealkylation sites (tertiary alicyclic amines) is 1. The first kappa shape index (κ1) is 11.2. The molecule has 1 unspecified atom stereocenters. The molecule has 0 amide bonds. The van der Waals surface area contributed by atoms with E-state index < -0.39 is 0 Å². The molecule has 0 aromatic heterocycles. The lowest BCUT2D eigenvalue weighted by Crippen LogP contribution is -2.45. The Balaban J connectivity index is 2.41. The van der Waals surface area contributed by atoms with Crippen molar-refractivity contribution in [2.45, 2.75) is 25.3 Å². The second kappa shape index (κ2) is 5.78. The third-order valence-corrected chi connectivity index (χ3v) is 2.81. The summed E-state index contributed by atoms with van der Waals surface area (Å²) in [4.78, 5) is 2.51. The fourth-order valence-corrected chi connectivity index (χ4v) is 2.28. The van der Waals surface area contributed by atoms with Gasteiger partial charge < -0.3 is 5.32 Å². The zero-order valence-electron chi connectivity index (χ0n) is 8.35. The largest absolute Gasteiger partial charge is 0.318 e. The number of likely N-dealkylation sites (N-methyl/N-ethyl adjacent to an activating group) is 1. The molecule has 0 spiro atoms. The number of nitrogens with one attached hydrogen (secondary N) is 1. The van der Waals surface area contributed by atoms with Crippen molar-refractivity contribution in [1.29, 1.82) is 0 Å². The second-order valence-electron chi connectivity index (χ2n) is 3.70. The average Bonchev–Trinajstić information content (AvgIpc) is 2.08. The molecular formula is C10H19BrN2. The van der Waals surface area contributed by atoms with E-state index in [9.17, 15) is 0 Å². The monoisotopic (exact) mass is 246 g/mol. The van der Waals surface area contributed by atoms with Crippen LogP contribution >= 0.6 is 15.9 Å². The SMILES string of the molecule is C=C(Br)CN1CCCCC1CNC. The summed E-state index contributed by atoms with van der Waals surface area (Å²) in [6.45, 7) is 7.21. The number of rotatable bonds is 4. The highest BCUT2D eigenvalue weighted by molar-refractivity contribution is 9.11. The summed E-state index contributed by atoms with van der Waals surface area (Å²) >= 11 is 3.43. The molecule has 0 aliphatic carbocycles. The Morgan fingerprint density at radius 3 is 3.00 bits per heavy atom. The molecule has 1 N–H and O–H groups in total. The Kier molecular flexibility index (Phi) is 4.99. The van der Waals surface area contributed by atoms with Gasteiger partial charge >= 0.3 is 0 Å². The van der Waals surface area contributed by atoms with Gasteiger partial charge in [-0.25, -0.2) is 0 Å². The van der Waals surface area contributed by atoms with E-state index in [-0.39, 0.29) is 0 Å². The summed E-state index contributed by atoms with van der Waals surface area (Å²) in [6.07, 6.45) is 4.03. The molecule has 13 heavy (non-hydrogen) atoms. The third-order valence-electron chi connectivity index (χ3n) is 2.56. The summed E-state index contributed by atoms with van der Waals surface area (Å²) < 4.78 is 1.09. The van der Waals surface area contributed by atoms with Crippen LogP contribution in [0.25, 0.3) is 0 Å². The van der Waals surface area contributed by atoms with Gasteiger partial charge in [0.2, 0.25) is 0 Å². The Hall–Kier alpha value is 0.140. The third kappa shape index (κ3) is 3.79. The highest BCUT2D eigenvalue weighted by atomic mass is 79.9. The summed E-state index contributed by atoms with van der Waals surface area (Å²) in [5.74, 6) is 0. The second-order valence-corrected chi connectivity index (χ2v) is 4.82. The minimum absolute atomic E-state index is 0.702. The van der Waals surface area contributed by atoms with Gasteiger partial charge in [-0.1, -0.05) is 28.9 Å². The topological polar surface area (TPSA) is 15.3 Å². The van der Waals surface area contributed by atoms with E-state index in [1.165, 1.54) is 25.8 Å². The molecule has 0 bridgehead atoms. The van der Waals surface area contributed by atoms with E-state index in [0.717, 1.165) is 17.6 Å². The van der Waals surface area contributed by atoms with E-state index in [0.29, 0.717) is 6.04 Å². The van der Waals surface area contributed by atoms with Crippen molar-refractivity contribution in [1.82, 2.24) is 10.2 Å². The maximum atomic E-state index is 3.90. The summed E-state index contributed by atoms with van der Waals surface area (Å²) in [5.41, 5.74) is 0. The molecule has 0 radical (unpaired) electrons. The van der Waals surface area contributed by atoms with Crippen molar-refractivity contribution in [3.8, 4) is 0 Å². The molecule has 1 aliphatic heterocycles. The average molecular weight is 247 g/mol. The van der Waals surface area contributed by atoms with Crippen LogP contribution in [0.15, 0.2) is 11.1 Å². The van der Waals surface area contributed by atoms with Gasteiger partial charge in [0, 0.05) is 23.6 Å². The van der Waals surface area contributed by atoms with Gasteiger partial charge in [-0.15, -0.1) is 0 Å². The molecule has 0 aromatic carbocycles. The van der Waals surface area contributed by atoms with Crippen LogP contribution < -0.4 is 5.32 Å². The first-order valence-electron chi connectivity index (χ1n) is 4.96. The quantitative estimate of drug-likeness (QED) is 0.817. The summed E-state index contributed by atoms with van der Waals surface area (Å²) in [6, 6.07) is 0.702. The van der Waals surface area contributed by atoms with Crippen LogP contribution in [0, 0.1) is 0 Å². The molecule has 0 aromatic rings. The van der Waals surface area contributed by atoms with E-state index in [1.807, 2.05) is 7.05 Å². The fourth-order valence-electron chi connectivity index (χ4n) is 1.96. The predicted octanol–water partition coefficient (Wildman–Crippen LogP) is 1.97. The van der Waals surface area contributed by atoms with Crippen molar-refractivity contribution < 1.29 is 0 Å². The van der Waals surface area contributed by atoms with Crippen molar-refractivity contribution in [2.24, 2.45) is 0 Å². The van der Waals surface area contributed by atoms with Gasteiger partial charge in [0.1, 0.15) is 0 Å². The highest BCUT2D eigenvalue weighted by Crippen LogP contribution is 2.18. The van der Waals surface area contributed by atoms with E-state index in [2.05, 4.69) is 32.7 Å². The molecule has 1 heterocycles. The van der Waals surface area contributed by atoms with Gasteiger partial charge in [0.15, 0.2) is 0 Å². The van der Waals surface area contributed by atoms with Crippen LogP contribution in [0.1, 0.15) is 19.3 Å². The zero-order chi connectivity index (χ0) is 9.68. The van der Waals surface area contributed by atoms with Crippen molar-refractivity contribution >= 4 is 15.9 Å². The molecule has 1 saturated heterocycles. The van der Waals surface area contributed by atoms with Gasteiger partial charge in [-0.05, 0) is 26.4 Å². The minimum Gasteiger partial charge on any atom is -0.318 e. The minimum atomic E-state index is 0.702. The maximum absolute atomic E-state index is 3.90. The zero-order valence-corrected chi connectivity index (χ0v) is 9.94. The fraction of sp³-hybridized carbons (Fsp3) is 0.800. The van der Waals surface area contributed by atoms with Gasteiger partial charge in [-0.2, -0.15) is 0 Å². The number of hydrogen-bond acceptors (Lipinski definition) is 2. The van der Waals surface area contributed by atoms with Gasteiger partial charge in [0.05, 0.1) is 0 Å². The lowest BCUT2D eigenvalue weighted by molar-refractivity contribution is 0.163. The molecule has 1 rings (SSSR count). The summed E-state index contributed by atoms with van der Waals surface area (Å²) in [7, 11) is 2.02. The molecular weight excluding hydrogens is 228 g/mol. The molecule has 2 nitrogen and oxygen atoms in total. The lowest BCUT2D eigenvalue weighted by Gasteiger charge is -2.35. The standard InChI is InChI=1S/C10H19BrN2/c1-9(11)8-13-6-4-3-5-10(13)7-12-2/h10,12H,1,3-8H2,2H3. The van der Waals surface area contributed by atoms with E-state index in [1.54, 1.807) is 0 Å². The highest BCUT2D eigenvalue weighted by Gasteiger charge is 2.21. The van der Waals surface area contributed by atoms with Crippen molar-refractivity contribution in [2.75, 3.05) is 26.7 Å². The normalized spacial score (nSPS) is 24.6. The first-order valence-corrected chi connectivity index (χ1v) is 5.75. The first-order chi connectivity index (χ1) is 6.24. The van der Waals surface area contributed by atoms with Crippen LogP contribution in [0.3, 0.4) is 0 Å². The maximum Gasteiger partial charge on any atom is 0.0297 e. The molecule has 3 heteroatoms. The van der Waals surface area contributed by atoms with Crippen LogP contribution in [0.4, 0.5) is 0 Å². The lowest BCUT2D eigenvalue weighted by atomic mass is 10.0. The molecule has 1 atom stereocenters. The number of hydrogen-bond donors (Lipinski definition) is 1. The Morgan fingerprint density at radius 1 is 1.62 bits per heavy atom. The van der Waals surface area contributed by atoms with Crippen LogP contribution in [-0.4, -0.2) is 37.6 Å². The smallest absolute Gasteiger partial charge is 0.0297 e. The van der Waals surface area contributed by atoms with Crippen molar-refractivity contribution in [3.05, 3.63) is 11.1 Å². The van der Waals surface area contributed by atoms with Crippen LogP contribution in [0.5, 0.6) is 0 Å². The molecule has 76 valence electrons. The molecule has 1 aliphatic rings. The van der Waals surface area contributed by atoms with Crippen LogP contribution in [-0.2, 0) is 0 Å².